The van der Waals surface area contributed by atoms with Crippen LogP contribution in [0.3, 0.4) is 0 Å². The molecule has 0 aliphatic carbocycles. The smallest absolute Gasteiger partial charge is 0.0853 e. The van der Waals surface area contributed by atoms with Crippen molar-refractivity contribution in [2.24, 2.45) is 7.05 Å². The van der Waals surface area contributed by atoms with E-state index in [9.17, 15) is 0 Å². The second-order valence-electron chi connectivity index (χ2n) is 2.45. The van der Waals surface area contributed by atoms with E-state index >= 15 is 0 Å². The lowest BCUT2D eigenvalue weighted by molar-refractivity contribution is 0.733. The van der Waals surface area contributed by atoms with Crippen LogP contribution in [0.4, 0.5) is 5.69 Å². The first-order valence-corrected chi connectivity index (χ1v) is 3.52. The summed E-state index contributed by atoms with van der Waals surface area (Å²) in [5.41, 5.74) is 7.47. The molecule has 0 saturated carbocycles. The van der Waals surface area contributed by atoms with Crippen LogP contribution in [0.15, 0.2) is 6.20 Å². The number of nitrogens with zero attached hydrogens (tertiary/aromatic N) is 2. The van der Waals surface area contributed by atoms with Gasteiger partial charge >= 0.3 is 0 Å². The molecule has 0 bridgehead atoms. The Labute approximate surface area is 60.8 Å². The van der Waals surface area contributed by atoms with E-state index in [1.54, 1.807) is 4.68 Å². The van der Waals surface area contributed by atoms with Gasteiger partial charge in [0.15, 0.2) is 0 Å². The number of hydrogen-bond acceptors (Lipinski definition) is 2. The quantitative estimate of drug-likeness (QED) is 0.663. The van der Waals surface area contributed by atoms with Crippen molar-refractivity contribution in [2.45, 2.75) is 19.8 Å². The van der Waals surface area contributed by atoms with Crippen molar-refractivity contribution in [1.82, 2.24) is 9.78 Å². The van der Waals surface area contributed by atoms with Gasteiger partial charge in [0.2, 0.25) is 0 Å². The van der Waals surface area contributed by atoms with Gasteiger partial charge in [0, 0.05) is 13.2 Å². The number of aromatic nitrogens is 2. The summed E-state index contributed by atoms with van der Waals surface area (Å²) < 4.78 is 1.75. The summed E-state index contributed by atoms with van der Waals surface area (Å²) in [5, 5.41) is 4.19. The SMILES string of the molecule is CCCc1nn(C)cc1N. The minimum absolute atomic E-state index is 0.810. The van der Waals surface area contributed by atoms with Crippen LogP contribution in [0.5, 0.6) is 0 Å². The zero-order valence-electron chi connectivity index (χ0n) is 6.46. The Hall–Kier alpha value is -0.990. The second-order valence-corrected chi connectivity index (χ2v) is 2.45. The fraction of sp³-hybridized carbons (Fsp3) is 0.571. The summed E-state index contributed by atoms with van der Waals surface area (Å²) in [7, 11) is 1.88. The van der Waals surface area contributed by atoms with Crippen LogP contribution in [0.2, 0.25) is 0 Å². The molecule has 0 unspecified atom stereocenters. The molecule has 0 aliphatic heterocycles. The standard InChI is InChI=1S/C7H13N3/c1-3-4-7-6(8)5-10(2)9-7/h5H,3-4,8H2,1-2H3. The Kier molecular flexibility index (Phi) is 1.94. The summed E-state index contributed by atoms with van der Waals surface area (Å²) in [5.74, 6) is 0. The third-order valence-corrected chi connectivity index (χ3v) is 1.42. The molecule has 0 fully saturated rings. The van der Waals surface area contributed by atoms with E-state index in [4.69, 9.17) is 5.73 Å². The van der Waals surface area contributed by atoms with Gasteiger partial charge in [0.25, 0.3) is 0 Å². The fourth-order valence-electron chi connectivity index (χ4n) is 0.984. The van der Waals surface area contributed by atoms with E-state index < -0.39 is 0 Å². The molecule has 2 N–H and O–H groups in total. The first-order chi connectivity index (χ1) is 4.74. The van der Waals surface area contributed by atoms with Crippen molar-refractivity contribution >= 4 is 5.69 Å². The molecule has 0 aliphatic rings. The predicted molar refractivity (Wildman–Crippen MR) is 41.6 cm³/mol. The van der Waals surface area contributed by atoms with Gasteiger partial charge in [0.1, 0.15) is 0 Å². The molecule has 3 heteroatoms. The third-order valence-electron chi connectivity index (χ3n) is 1.42. The lowest BCUT2D eigenvalue weighted by Crippen LogP contribution is -1.92. The highest BCUT2D eigenvalue weighted by molar-refractivity contribution is 5.40. The van der Waals surface area contributed by atoms with Crippen molar-refractivity contribution in [2.75, 3.05) is 5.73 Å². The third kappa shape index (κ3) is 1.29. The van der Waals surface area contributed by atoms with Gasteiger partial charge in [-0.2, -0.15) is 5.10 Å². The highest BCUT2D eigenvalue weighted by Crippen LogP contribution is 2.09. The van der Waals surface area contributed by atoms with E-state index in [1.807, 2.05) is 13.2 Å². The Morgan fingerprint density at radius 2 is 2.40 bits per heavy atom. The largest absolute Gasteiger partial charge is 0.396 e. The maximum absolute atomic E-state index is 5.64. The number of nitrogen functional groups attached to an aromatic ring is 1. The first-order valence-electron chi connectivity index (χ1n) is 3.52. The van der Waals surface area contributed by atoms with E-state index in [-0.39, 0.29) is 0 Å². The minimum atomic E-state index is 0.810. The summed E-state index contributed by atoms with van der Waals surface area (Å²) in [6.45, 7) is 2.12. The molecule has 0 radical (unpaired) electrons. The molecule has 3 nitrogen and oxygen atoms in total. The summed E-state index contributed by atoms with van der Waals surface area (Å²) in [4.78, 5) is 0. The van der Waals surface area contributed by atoms with Gasteiger partial charge in [-0.1, -0.05) is 13.3 Å². The summed E-state index contributed by atoms with van der Waals surface area (Å²) in [6, 6.07) is 0. The van der Waals surface area contributed by atoms with Gasteiger partial charge in [-0.25, -0.2) is 0 Å². The number of rotatable bonds is 2. The Bertz CT molecular complexity index is 215. The minimum Gasteiger partial charge on any atom is -0.396 e. The van der Waals surface area contributed by atoms with E-state index in [1.165, 1.54) is 0 Å². The molecule has 0 aromatic carbocycles. The molecule has 56 valence electrons. The molecule has 1 aromatic rings. The molecular formula is C7H13N3. The van der Waals surface area contributed by atoms with Crippen molar-refractivity contribution in [3.8, 4) is 0 Å². The van der Waals surface area contributed by atoms with Crippen LogP contribution in [-0.2, 0) is 13.5 Å². The van der Waals surface area contributed by atoms with E-state index in [0.717, 1.165) is 24.2 Å². The molecule has 0 saturated heterocycles. The average molecular weight is 139 g/mol. The number of nitrogens with two attached hydrogens (primary N) is 1. The van der Waals surface area contributed by atoms with Gasteiger partial charge in [0.05, 0.1) is 11.4 Å². The lowest BCUT2D eigenvalue weighted by Gasteiger charge is -1.90. The topological polar surface area (TPSA) is 43.8 Å². The zero-order valence-corrected chi connectivity index (χ0v) is 6.46. The van der Waals surface area contributed by atoms with Gasteiger partial charge in [-0.15, -0.1) is 0 Å². The van der Waals surface area contributed by atoms with Gasteiger partial charge in [-0.05, 0) is 6.42 Å². The highest BCUT2D eigenvalue weighted by atomic mass is 15.3. The maximum atomic E-state index is 5.64. The predicted octanol–water partition coefficient (Wildman–Crippen LogP) is 0.955. The van der Waals surface area contributed by atoms with Crippen molar-refractivity contribution in [3.63, 3.8) is 0 Å². The first kappa shape index (κ1) is 7.12. The molecule has 1 rings (SSSR count). The van der Waals surface area contributed by atoms with Gasteiger partial charge in [-0.3, -0.25) is 4.68 Å². The van der Waals surface area contributed by atoms with E-state index in [2.05, 4.69) is 12.0 Å². The Balaban J connectivity index is 2.81. The Morgan fingerprint density at radius 3 is 2.80 bits per heavy atom. The van der Waals surface area contributed by atoms with Crippen LogP contribution in [-0.4, -0.2) is 9.78 Å². The lowest BCUT2D eigenvalue weighted by atomic mass is 10.2. The average Bonchev–Trinajstić information content (AvgIpc) is 2.13. The normalized spacial score (nSPS) is 10.2. The summed E-state index contributed by atoms with van der Waals surface area (Å²) in [6.07, 6.45) is 3.92. The van der Waals surface area contributed by atoms with Gasteiger partial charge < -0.3 is 5.73 Å². The van der Waals surface area contributed by atoms with Crippen molar-refractivity contribution in [3.05, 3.63) is 11.9 Å². The summed E-state index contributed by atoms with van der Waals surface area (Å²) >= 11 is 0. The molecule has 10 heavy (non-hydrogen) atoms. The van der Waals surface area contributed by atoms with Crippen LogP contribution in [0, 0.1) is 0 Å². The second kappa shape index (κ2) is 2.73. The molecular weight excluding hydrogens is 126 g/mol. The maximum Gasteiger partial charge on any atom is 0.0853 e. The van der Waals surface area contributed by atoms with Crippen molar-refractivity contribution < 1.29 is 0 Å². The monoisotopic (exact) mass is 139 g/mol. The van der Waals surface area contributed by atoms with Crippen LogP contribution in [0.25, 0.3) is 0 Å². The number of anilines is 1. The molecule has 0 spiro atoms. The highest BCUT2D eigenvalue weighted by Gasteiger charge is 2.00. The number of hydrogen-bond donors (Lipinski definition) is 1. The van der Waals surface area contributed by atoms with E-state index in [0.29, 0.717) is 0 Å². The zero-order chi connectivity index (χ0) is 7.56. The molecule has 1 aromatic heterocycles. The number of aryl methyl sites for hydroxylation is 2. The van der Waals surface area contributed by atoms with Crippen molar-refractivity contribution in [1.29, 1.82) is 0 Å². The molecule has 1 heterocycles. The van der Waals surface area contributed by atoms with Crippen LogP contribution in [0.1, 0.15) is 19.0 Å². The van der Waals surface area contributed by atoms with Crippen LogP contribution >= 0.6 is 0 Å². The van der Waals surface area contributed by atoms with Crippen LogP contribution < -0.4 is 5.73 Å². The molecule has 0 atom stereocenters. The fourth-order valence-corrected chi connectivity index (χ4v) is 0.984. The molecule has 0 amide bonds. The Morgan fingerprint density at radius 1 is 1.70 bits per heavy atom.